The molecule has 0 radical (unpaired) electrons. The topological polar surface area (TPSA) is 109 Å². The van der Waals surface area contributed by atoms with Crippen LogP contribution in [0, 0.1) is 0 Å². The molecular formula is C27H25N3O6S2. The van der Waals surface area contributed by atoms with E-state index in [1.54, 1.807) is 10.6 Å². The molecular weight excluding hydrogens is 526 g/mol. The monoisotopic (exact) mass is 551 g/mol. The Morgan fingerprint density at radius 2 is 1.92 bits per heavy atom. The molecule has 0 fully saturated rings. The van der Waals surface area contributed by atoms with Crippen LogP contribution in [0.25, 0.3) is 10.2 Å². The van der Waals surface area contributed by atoms with Crippen molar-refractivity contribution in [2.45, 2.75) is 37.7 Å². The van der Waals surface area contributed by atoms with Crippen LogP contribution in [-0.4, -0.2) is 34.0 Å². The van der Waals surface area contributed by atoms with Crippen LogP contribution in [0.2, 0.25) is 0 Å². The van der Waals surface area contributed by atoms with Crippen LogP contribution in [0.4, 0.5) is 0 Å². The van der Waals surface area contributed by atoms with E-state index in [1.165, 1.54) is 11.3 Å². The predicted octanol–water partition coefficient (Wildman–Crippen LogP) is 4.12. The summed E-state index contributed by atoms with van der Waals surface area (Å²) in [5.74, 6) is 0.861. The van der Waals surface area contributed by atoms with Crippen molar-refractivity contribution in [3.8, 4) is 11.5 Å². The van der Waals surface area contributed by atoms with Gasteiger partial charge < -0.3 is 19.5 Å². The second-order valence-electron chi connectivity index (χ2n) is 8.49. The van der Waals surface area contributed by atoms with Gasteiger partial charge in [0.05, 0.1) is 11.3 Å². The van der Waals surface area contributed by atoms with E-state index in [2.05, 4.69) is 10.3 Å². The van der Waals surface area contributed by atoms with Crippen LogP contribution in [0.1, 0.15) is 24.0 Å². The number of hydrogen-bond donors (Lipinski definition) is 1. The van der Waals surface area contributed by atoms with Gasteiger partial charge in [0.2, 0.25) is 12.7 Å². The van der Waals surface area contributed by atoms with Crippen molar-refractivity contribution in [1.82, 2.24) is 14.9 Å². The summed E-state index contributed by atoms with van der Waals surface area (Å²) in [5, 5.41) is 5.14. The molecule has 1 aliphatic heterocycles. The highest BCUT2D eigenvalue weighted by atomic mass is 32.2. The first kappa shape index (κ1) is 25.8. The smallest absolute Gasteiger partial charge is 0.316 e. The molecule has 1 N–H and O–H groups in total. The first-order valence-corrected chi connectivity index (χ1v) is 13.9. The maximum absolute atomic E-state index is 13.1. The van der Waals surface area contributed by atoms with Crippen molar-refractivity contribution in [3.05, 3.63) is 81.5 Å². The minimum atomic E-state index is -0.395. The van der Waals surface area contributed by atoms with Gasteiger partial charge in [-0.25, -0.2) is 4.98 Å². The highest BCUT2D eigenvalue weighted by molar-refractivity contribution is 7.99. The summed E-state index contributed by atoms with van der Waals surface area (Å²) < 4.78 is 18.1. The minimum absolute atomic E-state index is 0.0188. The SMILES string of the molecule is O=C(CCCn1c(SCC(=O)OCc2ccccc2)nc2ccsc2c1=O)NCc1ccc2c(c1)OCO2. The van der Waals surface area contributed by atoms with E-state index >= 15 is 0 Å². The van der Waals surface area contributed by atoms with Gasteiger partial charge in [-0.15, -0.1) is 11.3 Å². The first-order chi connectivity index (χ1) is 18.6. The summed E-state index contributed by atoms with van der Waals surface area (Å²) in [6.07, 6.45) is 0.681. The molecule has 0 bridgehead atoms. The van der Waals surface area contributed by atoms with Gasteiger partial charge in [-0.05, 0) is 41.1 Å². The van der Waals surface area contributed by atoms with Crippen molar-refractivity contribution in [2.24, 2.45) is 0 Å². The molecule has 2 aromatic carbocycles. The molecule has 0 saturated heterocycles. The standard InChI is InChI=1S/C27H25N3O6S2/c31-23(28-14-19-8-9-21-22(13-19)36-17-35-21)7-4-11-30-26(33)25-20(10-12-37-25)29-27(30)38-16-24(32)34-15-18-5-2-1-3-6-18/h1-3,5-6,8-10,12-13H,4,7,11,14-17H2,(H,28,31). The summed E-state index contributed by atoms with van der Waals surface area (Å²) in [5.41, 5.74) is 2.23. The second kappa shape index (κ2) is 12.1. The lowest BCUT2D eigenvalue weighted by Gasteiger charge is -2.12. The van der Waals surface area contributed by atoms with Gasteiger partial charge in [-0.2, -0.15) is 0 Å². The molecule has 4 aromatic rings. The molecule has 0 atom stereocenters. The fourth-order valence-electron chi connectivity index (χ4n) is 3.87. The third-order valence-corrected chi connectivity index (χ3v) is 7.65. The maximum atomic E-state index is 13.1. The number of aromatic nitrogens is 2. The number of fused-ring (bicyclic) bond motifs is 2. The van der Waals surface area contributed by atoms with Crippen molar-refractivity contribution in [2.75, 3.05) is 12.5 Å². The lowest BCUT2D eigenvalue weighted by atomic mass is 10.2. The zero-order valence-electron chi connectivity index (χ0n) is 20.4. The normalized spacial score (nSPS) is 12.0. The Balaban J connectivity index is 1.16. The van der Waals surface area contributed by atoms with Crippen LogP contribution in [0.5, 0.6) is 11.5 Å². The van der Waals surface area contributed by atoms with Gasteiger partial charge in [0, 0.05) is 19.5 Å². The molecule has 0 unspecified atom stereocenters. The van der Waals surface area contributed by atoms with Gasteiger partial charge in [0.1, 0.15) is 11.3 Å². The summed E-state index contributed by atoms with van der Waals surface area (Å²) >= 11 is 2.48. The molecule has 11 heteroatoms. The van der Waals surface area contributed by atoms with Crippen LogP contribution in [0.15, 0.2) is 69.9 Å². The van der Waals surface area contributed by atoms with E-state index in [9.17, 15) is 14.4 Å². The Bertz CT molecular complexity index is 1500. The summed E-state index contributed by atoms with van der Waals surface area (Å²) in [6, 6.07) is 16.8. The Hall–Kier alpha value is -3.83. The average Bonchev–Trinajstić information content (AvgIpc) is 3.61. The predicted molar refractivity (Wildman–Crippen MR) is 144 cm³/mol. The molecule has 1 aliphatic rings. The van der Waals surface area contributed by atoms with Gasteiger partial charge >= 0.3 is 5.97 Å². The van der Waals surface area contributed by atoms with Crippen LogP contribution in [0.3, 0.4) is 0 Å². The molecule has 1 amide bonds. The van der Waals surface area contributed by atoms with Crippen molar-refractivity contribution in [3.63, 3.8) is 0 Å². The van der Waals surface area contributed by atoms with Gasteiger partial charge in [0.25, 0.3) is 5.56 Å². The van der Waals surface area contributed by atoms with Gasteiger partial charge in [-0.1, -0.05) is 48.2 Å². The summed E-state index contributed by atoms with van der Waals surface area (Å²) in [6.45, 7) is 1.06. The Kier molecular flexibility index (Phi) is 8.25. The number of nitrogens with zero attached hydrogens (tertiary/aromatic N) is 2. The maximum Gasteiger partial charge on any atom is 0.316 e. The lowest BCUT2D eigenvalue weighted by molar-refractivity contribution is -0.141. The number of esters is 1. The number of nitrogens with one attached hydrogen (secondary N) is 1. The number of benzene rings is 2. The Morgan fingerprint density at radius 1 is 1.08 bits per heavy atom. The number of thiophene rings is 1. The van der Waals surface area contributed by atoms with Crippen molar-refractivity contribution < 1.29 is 23.8 Å². The zero-order chi connectivity index (χ0) is 26.3. The molecule has 3 heterocycles. The molecule has 0 aliphatic carbocycles. The summed E-state index contributed by atoms with van der Waals surface area (Å²) in [4.78, 5) is 42.5. The molecule has 0 saturated carbocycles. The van der Waals surface area contributed by atoms with E-state index in [4.69, 9.17) is 14.2 Å². The van der Waals surface area contributed by atoms with E-state index in [0.29, 0.717) is 46.4 Å². The van der Waals surface area contributed by atoms with Crippen LogP contribution in [-0.2, 0) is 34.0 Å². The third kappa shape index (κ3) is 6.35. The number of carbonyl (C=O) groups excluding carboxylic acids is 2. The zero-order valence-corrected chi connectivity index (χ0v) is 22.0. The van der Waals surface area contributed by atoms with E-state index in [1.807, 2.05) is 53.9 Å². The average molecular weight is 552 g/mol. The minimum Gasteiger partial charge on any atom is -0.460 e. The number of ether oxygens (including phenoxy) is 3. The van der Waals surface area contributed by atoms with E-state index < -0.39 is 5.97 Å². The number of carbonyl (C=O) groups is 2. The number of amides is 1. The second-order valence-corrected chi connectivity index (χ2v) is 10.3. The largest absolute Gasteiger partial charge is 0.460 e. The van der Waals surface area contributed by atoms with E-state index in [0.717, 1.165) is 22.9 Å². The number of rotatable bonds is 11. The highest BCUT2D eigenvalue weighted by Crippen LogP contribution is 2.32. The molecule has 38 heavy (non-hydrogen) atoms. The summed E-state index contributed by atoms with van der Waals surface area (Å²) in [7, 11) is 0. The molecule has 196 valence electrons. The van der Waals surface area contributed by atoms with Gasteiger partial charge in [0.15, 0.2) is 16.7 Å². The molecule has 0 spiro atoms. The quantitative estimate of drug-likeness (QED) is 0.169. The van der Waals surface area contributed by atoms with E-state index in [-0.39, 0.29) is 37.0 Å². The lowest BCUT2D eigenvalue weighted by Crippen LogP contribution is -2.26. The highest BCUT2D eigenvalue weighted by Gasteiger charge is 2.16. The molecule has 5 rings (SSSR count). The van der Waals surface area contributed by atoms with Gasteiger partial charge in [-0.3, -0.25) is 19.0 Å². The van der Waals surface area contributed by atoms with Crippen LogP contribution < -0.4 is 20.3 Å². The van der Waals surface area contributed by atoms with Crippen LogP contribution >= 0.6 is 23.1 Å². The third-order valence-electron chi connectivity index (χ3n) is 5.80. The van der Waals surface area contributed by atoms with Crippen molar-refractivity contribution >= 4 is 45.2 Å². The number of thioether (sulfide) groups is 1. The molecule has 2 aromatic heterocycles. The number of hydrogen-bond acceptors (Lipinski definition) is 9. The Labute approximate surface area is 226 Å². The Morgan fingerprint density at radius 3 is 2.79 bits per heavy atom. The fraction of sp³-hybridized carbons (Fsp3) is 0.259. The fourth-order valence-corrected chi connectivity index (χ4v) is 5.47. The first-order valence-electron chi connectivity index (χ1n) is 12.0. The van der Waals surface area contributed by atoms with Crippen molar-refractivity contribution in [1.29, 1.82) is 0 Å². The molecule has 9 nitrogen and oxygen atoms in total.